The predicted molar refractivity (Wildman–Crippen MR) is 48.2 cm³/mol. The van der Waals surface area contributed by atoms with Crippen molar-refractivity contribution in [3.63, 3.8) is 0 Å². The Labute approximate surface area is 82.6 Å². The summed E-state index contributed by atoms with van der Waals surface area (Å²) in [7, 11) is 0. The van der Waals surface area contributed by atoms with Crippen molar-refractivity contribution < 1.29 is 18.3 Å². The quantitative estimate of drug-likeness (QED) is 0.646. The summed E-state index contributed by atoms with van der Waals surface area (Å²) < 4.78 is 29.6. The van der Waals surface area contributed by atoms with Crippen molar-refractivity contribution in [2.75, 3.05) is 6.61 Å². The maximum atomic E-state index is 12.4. The highest BCUT2D eigenvalue weighted by Gasteiger charge is 2.44. The van der Waals surface area contributed by atoms with Gasteiger partial charge in [0, 0.05) is 19.3 Å². The molecule has 0 amide bonds. The molecule has 0 saturated heterocycles. The highest BCUT2D eigenvalue weighted by molar-refractivity contribution is 5.69. The average molecular weight is 206 g/mol. The Morgan fingerprint density at radius 1 is 1.50 bits per heavy atom. The van der Waals surface area contributed by atoms with Crippen LogP contribution in [0.5, 0.6) is 0 Å². The minimum atomic E-state index is -2.47. The van der Waals surface area contributed by atoms with E-state index >= 15 is 0 Å². The van der Waals surface area contributed by atoms with Crippen molar-refractivity contribution >= 4 is 5.97 Å². The lowest BCUT2D eigenvalue weighted by atomic mass is 9.78. The molecule has 0 spiro atoms. The first-order valence-electron chi connectivity index (χ1n) is 5.07. The largest absolute Gasteiger partial charge is 0.466 e. The lowest BCUT2D eigenvalue weighted by Crippen LogP contribution is -2.35. The molecule has 0 unspecified atom stereocenters. The highest BCUT2D eigenvalue weighted by Crippen LogP contribution is 2.44. The molecule has 1 saturated carbocycles. The Balaban J connectivity index is 2.02. The van der Waals surface area contributed by atoms with Gasteiger partial charge in [-0.1, -0.05) is 6.92 Å². The second-order valence-electron chi connectivity index (χ2n) is 3.89. The third kappa shape index (κ3) is 3.60. The Morgan fingerprint density at radius 2 is 2.14 bits per heavy atom. The summed E-state index contributed by atoms with van der Waals surface area (Å²) in [6.07, 6.45) is 1.49. The van der Waals surface area contributed by atoms with E-state index < -0.39 is 5.92 Å². The van der Waals surface area contributed by atoms with Crippen molar-refractivity contribution in [1.82, 2.24) is 0 Å². The first kappa shape index (κ1) is 11.4. The molecule has 0 bridgehead atoms. The summed E-state index contributed by atoms with van der Waals surface area (Å²) >= 11 is 0. The molecule has 1 aliphatic carbocycles. The van der Waals surface area contributed by atoms with Crippen LogP contribution in [0.15, 0.2) is 0 Å². The number of carbonyl (C=O) groups is 1. The zero-order chi connectivity index (χ0) is 10.6. The molecule has 14 heavy (non-hydrogen) atoms. The Kier molecular flexibility index (Phi) is 3.84. The van der Waals surface area contributed by atoms with E-state index in [1.165, 1.54) is 0 Å². The molecule has 2 nitrogen and oxygen atoms in total. The van der Waals surface area contributed by atoms with Crippen LogP contribution in [0, 0.1) is 5.92 Å². The van der Waals surface area contributed by atoms with Crippen LogP contribution in [0.1, 0.15) is 39.0 Å². The monoisotopic (exact) mass is 206 g/mol. The van der Waals surface area contributed by atoms with Gasteiger partial charge in [0.1, 0.15) is 0 Å². The summed E-state index contributed by atoms with van der Waals surface area (Å²) in [4.78, 5) is 11.0. The zero-order valence-electron chi connectivity index (χ0n) is 8.39. The maximum Gasteiger partial charge on any atom is 0.305 e. The van der Waals surface area contributed by atoms with E-state index in [-0.39, 0.29) is 31.1 Å². The molecular weight excluding hydrogens is 190 g/mol. The SMILES string of the molecule is CCCOC(=O)CCC1CC(F)(F)C1. The number of alkyl halides is 2. The lowest BCUT2D eigenvalue weighted by Gasteiger charge is -2.34. The number of halogens is 2. The van der Waals surface area contributed by atoms with E-state index in [4.69, 9.17) is 4.74 Å². The molecule has 1 rings (SSSR count). The van der Waals surface area contributed by atoms with Gasteiger partial charge >= 0.3 is 5.97 Å². The minimum Gasteiger partial charge on any atom is -0.466 e. The highest BCUT2D eigenvalue weighted by atomic mass is 19.3. The van der Waals surface area contributed by atoms with Crippen molar-refractivity contribution in [2.24, 2.45) is 5.92 Å². The number of esters is 1. The maximum absolute atomic E-state index is 12.4. The Bertz CT molecular complexity index is 196. The van der Waals surface area contributed by atoms with Crippen LogP contribution in [0.25, 0.3) is 0 Å². The van der Waals surface area contributed by atoms with E-state index in [1.807, 2.05) is 6.92 Å². The molecule has 0 aromatic carbocycles. The van der Waals surface area contributed by atoms with Gasteiger partial charge in [-0.2, -0.15) is 0 Å². The molecule has 4 heteroatoms. The third-order valence-electron chi connectivity index (χ3n) is 2.40. The fraction of sp³-hybridized carbons (Fsp3) is 0.900. The molecule has 82 valence electrons. The number of rotatable bonds is 5. The van der Waals surface area contributed by atoms with Gasteiger partial charge in [0.05, 0.1) is 6.61 Å². The van der Waals surface area contributed by atoms with E-state index in [0.717, 1.165) is 6.42 Å². The number of carbonyl (C=O) groups excluding carboxylic acids is 1. The van der Waals surface area contributed by atoms with Crippen LogP contribution in [0.3, 0.4) is 0 Å². The topological polar surface area (TPSA) is 26.3 Å². The first-order chi connectivity index (χ1) is 6.53. The number of ether oxygens (including phenoxy) is 1. The normalized spacial score (nSPS) is 20.2. The standard InChI is InChI=1S/C10H16F2O2/c1-2-5-14-9(13)4-3-8-6-10(11,12)7-8/h8H,2-7H2,1H3. The van der Waals surface area contributed by atoms with Gasteiger partial charge in [-0.25, -0.2) is 8.78 Å². The second-order valence-corrected chi connectivity index (χ2v) is 3.89. The fourth-order valence-corrected chi connectivity index (χ4v) is 1.60. The van der Waals surface area contributed by atoms with Crippen LogP contribution in [0.2, 0.25) is 0 Å². The van der Waals surface area contributed by atoms with Gasteiger partial charge < -0.3 is 4.74 Å². The summed E-state index contributed by atoms with van der Waals surface area (Å²) in [5.74, 6) is -2.72. The summed E-state index contributed by atoms with van der Waals surface area (Å²) in [6, 6.07) is 0. The van der Waals surface area contributed by atoms with Gasteiger partial charge in [0.25, 0.3) is 0 Å². The van der Waals surface area contributed by atoms with Crippen LogP contribution >= 0.6 is 0 Å². The molecule has 0 aromatic rings. The number of hydrogen-bond donors (Lipinski definition) is 0. The van der Waals surface area contributed by atoms with Gasteiger partial charge in [-0.05, 0) is 18.8 Å². The zero-order valence-corrected chi connectivity index (χ0v) is 8.39. The van der Waals surface area contributed by atoms with E-state index in [2.05, 4.69) is 0 Å². The molecule has 1 aliphatic rings. The molecule has 0 N–H and O–H groups in total. The predicted octanol–water partition coefficient (Wildman–Crippen LogP) is 2.77. The van der Waals surface area contributed by atoms with Gasteiger partial charge in [-0.3, -0.25) is 4.79 Å². The molecule has 0 aliphatic heterocycles. The molecular formula is C10H16F2O2. The second kappa shape index (κ2) is 4.71. The summed E-state index contributed by atoms with van der Waals surface area (Å²) in [6.45, 7) is 2.35. The lowest BCUT2D eigenvalue weighted by molar-refractivity contribution is -0.146. The van der Waals surface area contributed by atoms with Gasteiger partial charge in [0.2, 0.25) is 5.92 Å². The summed E-state index contributed by atoms with van der Waals surface area (Å²) in [5, 5.41) is 0. The van der Waals surface area contributed by atoms with E-state index in [0.29, 0.717) is 13.0 Å². The molecule has 1 fully saturated rings. The Morgan fingerprint density at radius 3 is 2.64 bits per heavy atom. The molecule has 0 heterocycles. The van der Waals surface area contributed by atoms with Crippen molar-refractivity contribution in [3.8, 4) is 0 Å². The average Bonchev–Trinajstić information content (AvgIpc) is 2.07. The van der Waals surface area contributed by atoms with Gasteiger partial charge in [-0.15, -0.1) is 0 Å². The van der Waals surface area contributed by atoms with E-state index in [9.17, 15) is 13.6 Å². The Hall–Kier alpha value is -0.670. The number of hydrogen-bond acceptors (Lipinski definition) is 2. The van der Waals surface area contributed by atoms with Gasteiger partial charge in [0.15, 0.2) is 0 Å². The van der Waals surface area contributed by atoms with E-state index in [1.54, 1.807) is 0 Å². The van der Waals surface area contributed by atoms with Crippen LogP contribution in [0.4, 0.5) is 8.78 Å². The van der Waals surface area contributed by atoms with Crippen molar-refractivity contribution in [2.45, 2.75) is 45.0 Å². The third-order valence-corrected chi connectivity index (χ3v) is 2.40. The van der Waals surface area contributed by atoms with Crippen LogP contribution < -0.4 is 0 Å². The summed E-state index contributed by atoms with van der Waals surface area (Å²) in [5.41, 5.74) is 0. The molecule has 0 radical (unpaired) electrons. The van der Waals surface area contributed by atoms with Crippen molar-refractivity contribution in [1.29, 1.82) is 0 Å². The van der Waals surface area contributed by atoms with Crippen molar-refractivity contribution in [3.05, 3.63) is 0 Å². The van der Waals surface area contributed by atoms with Crippen LogP contribution in [-0.2, 0) is 9.53 Å². The minimum absolute atomic E-state index is 0.0131. The molecule has 0 atom stereocenters. The smallest absolute Gasteiger partial charge is 0.305 e. The van der Waals surface area contributed by atoms with Crippen LogP contribution in [-0.4, -0.2) is 18.5 Å². The first-order valence-corrected chi connectivity index (χ1v) is 5.07. The molecule has 0 aromatic heterocycles. The fourth-order valence-electron chi connectivity index (χ4n) is 1.60.